The summed E-state index contributed by atoms with van der Waals surface area (Å²) in [6, 6.07) is 8.81. The monoisotopic (exact) mass is 261 g/mol. The predicted molar refractivity (Wildman–Crippen MR) is 78.1 cm³/mol. The maximum atomic E-state index is 4.52. The number of aromatic nitrogens is 1. The Morgan fingerprint density at radius 1 is 1.39 bits per heavy atom. The molecule has 0 saturated heterocycles. The van der Waals surface area contributed by atoms with E-state index in [1.165, 1.54) is 10.4 Å². The summed E-state index contributed by atoms with van der Waals surface area (Å²) >= 11 is 1.79. The Balaban J connectivity index is 2.11. The van der Waals surface area contributed by atoms with Crippen molar-refractivity contribution in [2.45, 2.75) is 19.5 Å². The van der Waals surface area contributed by atoms with E-state index < -0.39 is 0 Å². The Hall–Kier alpha value is -1.39. The summed E-state index contributed by atoms with van der Waals surface area (Å²) in [5.41, 5.74) is 1.21. The van der Waals surface area contributed by atoms with Crippen LogP contribution in [0, 0.1) is 0 Å². The van der Waals surface area contributed by atoms with Gasteiger partial charge in [0.05, 0.1) is 6.04 Å². The van der Waals surface area contributed by atoms with Crippen LogP contribution in [0.15, 0.2) is 35.8 Å². The minimum absolute atomic E-state index is 0.354. The van der Waals surface area contributed by atoms with Crippen LogP contribution in [0.4, 0.5) is 5.82 Å². The quantitative estimate of drug-likeness (QED) is 0.896. The molecule has 0 aliphatic heterocycles. The third-order valence-electron chi connectivity index (χ3n) is 3.09. The van der Waals surface area contributed by atoms with Gasteiger partial charge in [0.15, 0.2) is 0 Å². The van der Waals surface area contributed by atoms with E-state index in [9.17, 15) is 0 Å². The topological polar surface area (TPSA) is 28.2 Å². The largest absolute Gasteiger partial charge is 0.352 e. The second-order valence-electron chi connectivity index (χ2n) is 4.36. The number of rotatable bonds is 5. The van der Waals surface area contributed by atoms with Crippen LogP contribution in [0.2, 0.25) is 0 Å². The van der Waals surface area contributed by atoms with Gasteiger partial charge in [0.2, 0.25) is 0 Å². The Morgan fingerprint density at radius 3 is 2.78 bits per heavy atom. The molecule has 2 aromatic heterocycles. The van der Waals surface area contributed by atoms with Crippen molar-refractivity contribution in [3.05, 3.63) is 46.3 Å². The Labute approximate surface area is 112 Å². The van der Waals surface area contributed by atoms with Crippen molar-refractivity contribution in [2.75, 3.05) is 19.0 Å². The zero-order valence-corrected chi connectivity index (χ0v) is 11.9. The van der Waals surface area contributed by atoms with Crippen LogP contribution in [0.5, 0.6) is 0 Å². The van der Waals surface area contributed by atoms with Crippen molar-refractivity contribution in [2.24, 2.45) is 0 Å². The first-order chi connectivity index (χ1) is 8.72. The first-order valence-corrected chi connectivity index (χ1v) is 6.96. The molecule has 1 N–H and O–H groups in total. The zero-order valence-electron chi connectivity index (χ0n) is 11.1. The van der Waals surface area contributed by atoms with E-state index >= 15 is 0 Å². The third kappa shape index (κ3) is 2.89. The summed E-state index contributed by atoms with van der Waals surface area (Å²) in [6.07, 6.45) is 1.93. The molecular formula is C14H19N3S. The zero-order chi connectivity index (χ0) is 13.0. The van der Waals surface area contributed by atoms with Crippen molar-refractivity contribution < 1.29 is 0 Å². The number of thiophene rings is 1. The number of nitrogens with one attached hydrogen (secondary N) is 1. The molecule has 0 amide bonds. The van der Waals surface area contributed by atoms with Gasteiger partial charge in [0, 0.05) is 24.7 Å². The number of pyridine rings is 1. The van der Waals surface area contributed by atoms with Crippen LogP contribution < -0.4 is 10.2 Å². The molecule has 0 aromatic carbocycles. The summed E-state index contributed by atoms with van der Waals surface area (Å²) in [5, 5.41) is 5.24. The van der Waals surface area contributed by atoms with Crippen molar-refractivity contribution in [3.63, 3.8) is 0 Å². The molecule has 0 saturated carbocycles. The molecule has 0 bridgehead atoms. The smallest absolute Gasteiger partial charge is 0.128 e. The van der Waals surface area contributed by atoms with Gasteiger partial charge in [0.1, 0.15) is 5.82 Å². The van der Waals surface area contributed by atoms with Gasteiger partial charge in [-0.25, -0.2) is 4.98 Å². The fraction of sp³-hybridized carbons (Fsp3) is 0.357. The second kappa shape index (κ2) is 5.98. The van der Waals surface area contributed by atoms with Crippen LogP contribution in [0.1, 0.15) is 23.4 Å². The van der Waals surface area contributed by atoms with E-state index in [4.69, 9.17) is 0 Å². The summed E-state index contributed by atoms with van der Waals surface area (Å²) < 4.78 is 0. The van der Waals surface area contributed by atoms with E-state index in [-0.39, 0.29) is 0 Å². The lowest BCUT2D eigenvalue weighted by Gasteiger charge is -2.25. The van der Waals surface area contributed by atoms with Crippen LogP contribution in [0.25, 0.3) is 0 Å². The van der Waals surface area contributed by atoms with E-state index in [1.807, 2.05) is 13.2 Å². The highest BCUT2D eigenvalue weighted by Gasteiger charge is 2.13. The van der Waals surface area contributed by atoms with Crippen molar-refractivity contribution >= 4 is 17.2 Å². The van der Waals surface area contributed by atoms with Crippen molar-refractivity contribution in [1.82, 2.24) is 10.3 Å². The van der Waals surface area contributed by atoms with Gasteiger partial charge in [-0.3, -0.25) is 0 Å². The number of hydrogen-bond acceptors (Lipinski definition) is 4. The number of anilines is 1. The number of nitrogens with zero attached hydrogens (tertiary/aromatic N) is 2. The fourth-order valence-corrected chi connectivity index (χ4v) is 2.68. The van der Waals surface area contributed by atoms with E-state index in [0.29, 0.717) is 6.04 Å². The summed E-state index contributed by atoms with van der Waals surface area (Å²) in [7, 11) is 4.03. The van der Waals surface area contributed by atoms with E-state index in [0.717, 1.165) is 12.4 Å². The average molecular weight is 261 g/mol. The highest BCUT2D eigenvalue weighted by Crippen LogP contribution is 2.26. The molecule has 1 unspecified atom stereocenters. The molecule has 0 spiro atoms. The first-order valence-electron chi connectivity index (χ1n) is 6.08. The molecular weight excluding hydrogens is 242 g/mol. The summed E-state index contributed by atoms with van der Waals surface area (Å²) in [5.74, 6) is 1.01. The molecule has 18 heavy (non-hydrogen) atoms. The van der Waals surface area contributed by atoms with Crippen molar-refractivity contribution in [1.29, 1.82) is 0 Å². The van der Waals surface area contributed by atoms with Gasteiger partial charge < -0.3 is 10.2 Å². The Kier molecular flexibility index (Phi) is 4.33. The van der Waals surface area contributed by atoms with Gasteiger partial charge in [0.25, 0.3) is 0 Å². The second-order valence-corrected chi connectivity index (χ2v) is 5.34. The molecule has 3 nitrogen and oxygen atoms in total. The molecule has 1 atom stereocenters. The molecule has 0 aliphatic rings. The highest BCUT2D eigenvalue weighted by atomic mass is 32.1. The van der Waals surface area contributed by atoms with E-state index in [2.05, 4.69) is 58.8 Å². The number of hydrogen-bond donors (Lipinski definition) is 1. The Morgan fingerprint density at radius 2 is 2.22 bits per heavy atom. The highest BCUT2D eigenvalue weighted by molar-refractivity contribution is 7.10. The predicted octanol–water partition coefficient (Wildman–Crippen LogP) is 3.06. The molecule has 4 heteroatoms. The minimum Gasteiger partial charge on any atom is -0.352 e. The van der Waals surface area contributed by atoms with Gasteiger partial charge in [-0.2, -0.15) is 0 Å². The SMILES string of the molecule is CNCc1ccc(N(C)C(C)c2cccs2)nc1. The van der Waals surface area contributed by atoms with Gasteiger partial charge >= 0.3 is 0 Å². The molecule has 2 heterocycles. The van der Waals surface area contributed by atoms with E-state index in [1.54, 1.807) is 11.3 Å². The minimum atomic E-state index is 0.354. The maximum Gasteiger partial charge on any atom is 0.128 e. The van der Waals surface area contributed by atoms with Crippen LogP contribution in [-0.2, 0) is 6.54 Å². The van der Waals surface area contributed by atoms with Crippen LogP contribution in [-0.4, -0.2) is 19.1 Å². The molecule has 2 aromatic rings. The first kappa shape index (κ1) is 13.1. The Bertz CT molecular complexity index is 464. The van der Waals surface area contributed by atoms with Crippen molar-refractivity contribution in [3.8, 4) is 0 Å². The van der Waals surface area contributed by atoms with Gasteiger partial charge in [-0.05, 0) is 37.0 Å². The van der Waals surface area contributed by atoms with Crippen LogP contribution >= 0.6 is 11.3 Å². The molecule has 2 rings (SSSR count). The lowest BCUT2D eigenvalue weighted by Crippen LogP contribution is -2.21. The van der Waals surface area contributed by atoms with Gasteiger partial charge in [-0.1, -0.05) is 12.1 Å². The standard InChI is InChI=1S/C14H19N3S/c1-11(13-5-4-8-18-13)17(3)14-7-6-12(9-15-2)10-16-14/h4-8,10-11,15H,9H2,1-3H3. The molecule has 0 aliphatic carbocycles. The lowest BCUT2D eigenvalue weighted by molar-refractivity contribution is 0.739. The van der Waals surface area contributed by atoms with Crippen LogP contribution in [0.3, 0.4) is 0 Å². The summed E-state index contributed by atoms with van der Waals surface area (Å²) in [4.78, 5) is 8.08. The van der Waals surface area contributed by atoms with Gasteiger partial charge in [-0.15, -0.1) is 11.3 Å². The third-order valence-corrected chi connectivity index (χ3v) is 4.13. The fourth-order valence-electron chi connectivity index (χ4n) is 1.85. The molecule has 0 radical (unpaired) electrons. The normalized spacial score (nSPS) is 12.4. The molecule has 96 valence electrons. The average Bonchev–Trinajstić information content (AvgIpc) is 2.92. The summed E-state index contributed by atoms with van der Waals surface area (Å²) in [6.45, 7) is 3.06. The maximum absolute atomic E-state index is 4.52. The molecule has 0 fully saturated rings. The lowest BCUT2D eigenvalue weighted by atomic mass is 10.2.